The van der Waals surface area contributed by atoms with Crippen LogP contribution in [0.3, 0.4) is 0 Å². The molecule has 0 aliphatic carbocycles. The minimum absolute atomic E-state index is 0.902. The van der Waals surface area contributed by atoms with Crippen molar-refractivity contribution < 1.29 is 4.42 Å². The number of furan rings is 1. The average molecular weight is 690 g/mol. The van der Waals surface area contributed by atoms with E-state index in [0.29, 0.717) is 0 Å². The van der Waals surface area contributed by atoms with Crippen LogP contribution in [0.25, 0.3) is 77.2 Å². The first-order chi connectivity index (χ1) is 26.8. The minimum Gasteiger partial charge on any atom is -0.456 e. The molecule has 0 unspecified atom stereocenters. The van der Waals surface area contributed by atoms with Crippen LogP contribution in [0.15, 0.2) is 217 Å². The number of hydrogen-bond acceptors (Lipinski definition) is 2. The second-order valence-corrected chi connectivity index (χ2v) is 13.7. The van der Waals surface area contributed by atoms with Gasteiger partial charge in [0.15, 0.2) is 0 Å². The summed E-state index contributed by atoms with van der Waals surface area (Å²) >= 11 is 0. The van der Waals surface area contributed by atoms with Crippen LogP contribution in [-0.2, 0) is 0 Å². The van der Waals surface area contributed by atoms with Gasteiger partial charge in [0.1, 0.15) is 11.2 Å². The molecule has 0 spiro atoms. The van der Waals surface area contributed by atoms with Crippen LogP contribution in [0.4, 0.5) is 17.1 Å². The second kappa shape index (κ2) is 13.4. The lowest BCUT2D eigenvalue weighted by molar-refractivity contribution is 0.669. The average Bonchev–Trinajstić information content (AvgIpc) is 3.62. The molecule has 2 nitrogen and oxygen atoms in total. The van der Waals surface area contributed by atoms with Gasteiger partial charge in [0.2, 0.25) is 0 Å². The zero-order valence-electron chi connectivity index (χ0n) is 29.6. The van der Waals surface area contributed by atoms with Crippen LogP contribution >= 0.6 is 0 Å². The lowest BCUT2D eigenvalue weighted by Crippen LogP contribution is -2.11. The predicted octanol–water partition coefficient (Wildman–Crippen LogP) is 14.9. The monoisotopic (exact) mass is 689 g/mol. The molecule has 0 N–H and O–H groups in total. The van der Waals surface area contributed by atoms with E-state index in [1.54, 1.807) is 0 Å². The number of para-hydroxylation sites is 1. The first-order valence-electron chi connectivity index (χ1n) is 18.4. The third kappa shape index (κ3) is 5.71. The van der Waals surface area contributed by atoms with Gasteiger partial charge in [0.05, 0.1) is 5.69 Å². The molecule has 2 heteroatoms. The summed E-state index contributed by atoms with van der Waals surface area (Å²) in [4.78, 5) is 2.37. The molecule has 10 rings (SSSR count). The third-order valence-electron chi connectivity index (χ3n) is 10.5. The van der Waals surface area contributed by atoms with Crippen molar-refractivity contribution in [3.8, 4) is 44.5 Å². The number of anilines is 3. The fourth-order valence-corrected chi connectivity index (χ4v) is 7.79. The van der Waals surface area contributed by atoms with Gasteiger partial charge in [-0.15, -0.1) is 0 Å². The molecule has 1 heterocycles. The van der Waals surface area contributed by atoms with Crippen molar-refractivity contribution in [1.82, 2.24) is 0 Å². The van der Waals surface area contributed by atoms with Gasteiger partial charge in [0.25, 0.3) is 0 Å². The number of hydrogen-bond donors (Lipinski definition) is 0. The molecule has 0 saturated carbocycles. The predicted molar refractivity (Wildman–Crippen MR) is 228 cm³/mol. The lowest BCUT2D eigenvalue weighted by Gasteiger charge is -2.28. The summed E-state index contributed by atoms with van der Waals surface area (Å²) in [5.41, 5.74) is 14.5. The van der Waals surface area contributed by atoms with Crippen LogP contribution in [-0.4, -0.2) is 0 Å². The Morgan fingerprint density at radius 1 is 0.315 bits per heavy atom. The highest BCUT2D eigenvalue weighted by atomic mass is 16.3. The van der Waals surface area contributed by atoms with Gasteiger partial charge in [-0.25, -0.2) is 0 Å². The zero-order chi connectivity index (χ0) is 35.8. The van der Waals surface area contributed by atoms with Gasteiger partial charge in [-0.3, -0.25) is 0 Å². The Bertz CT molecular complexity index is 2810. The topological polar surface area (TPSA) is 16.4 Å². The smallest absolute Gasteiger partial charge is 0.136 e. The minimum atomic E-state index is 0.902. The Hall–Kier alpha value is -7.16. The van der Waals surface area contributed by atoms with E-state index in [0.717, 1.165) is 55.7 Å². The number of fused-ring (bicyclic) bond motifs is 4. The van der Waals surface area contributed by atoms with E-state index < -0.39 is 0 Å². The molecule has 254 valence electrons. The molecule has 0 radical (unpaired) electrons. The molecule has 0 bridgehead atoms. The molecule has 0 atom stereocenters. The van der Waals surface area contributed by atoms with Crippen molar-refractivity contribution >= 4 is 49.8 Å². The van der Waals surface area contributed by atoms with Gasteiger partial charge >= 0.3 is 0 Å². The summed E-state index contributed by atoms with van der Waals surface area (Å²) in [5.74, 6) is 0. The van der Waals surface area contributed by atoms with Crippen LogP contribution in [0, 0.1) is 0 Å². The fourth-order valence-electron chi connectivity index (χ4n) is 7.79. The van der Waals surface area contributed by atoms with Crippen molar-refractivity contribution in [2.24, 2.45) is 0 Å². The molecule has 0 aliphatic heterocycles. The number of rotatable bonds is 7. The number of benzene rings is 9. The van der Waals surface area contributed by atoms with Crippen LogP contribution in [0.1, 0.15) is 0 Å². The van der Waals surface area contributed by atoms with E-state index in [4.69, 9.17) is 4.42 Å². The molecule has 9 aromatic carbocycles. The zero-order valence-corrected chi connectivity index (χ0v) is 29.6. The molecule has 0 amide bonds. The molecule has 54 heavy (non-hydrogen) atoms. The van der Waals surface area contributed by atoms with Crippen molar-refractivity contribution in [3.05, 3.63) is 212 Å². The van der Waals surface area contributed by atoms with Crippen molar-refractivity contribution in [2.45, 2.75) is 0 Å². The van der Waals surface area contributed by atoms with Crippen LogP contribution in [0.5, 0.6) is 0 Å². The Kier molecular flexibility index (Phi) is 7.85. The molecular formula is C52H35NO. The highest BCUT2D eigenvalue weighted by molar-refractivity contribution is 6.15. The van der Waals surface area contributed by atoms with E-state index >= 15 is 0 Å². The SMILES string of the molecule is c1ccc(-c2ccc(N(c3ccc(-c4ccccc4)cc3)c3ccccc3-c3ccc(-c4cccc5oc6cc7ccccc7cc6c45)cc3)cc2)cc1. The maximum Gasteiger partial charge on any atom is 0.136 e. The number of nitrogens with zero attached hydrogens (tertiary/aromatic N) is 1. The maximum absolute atomic E-state index is 6.40. The summed E-state index contributed by atoms with van der Waals surface area (Å²) in [6.45, 7) is 0. The first kappa shape index (κ1) is 31.6. The lowest BCUT2D eigenvalue weighted by atomic mass is 9.95. The van der Waals surface area contributed by atoms with Crippen LogP contribution in [0.2, 0.25) is 0 Å². The van der Waals surface area contributed by atoms with Gasteiger partial charge < -0.3 is 9.32 Å². The second-order valence-electron chi connectivity index (χ2n) is 13.7. The molecule has 0 fully saturated rings. The van der Waals surface area contributed by atoms with Gasteiger partial charge in [0, 0.05) is 27.7 Å². The quantitative estimate of drug-likeness (QED) is 0.166. The summed E-state index contributed by atoms with van der Waals surface area (Å²) in [6.07, 6.45) is 0. The van der Waals surface area contributed by atoms with Crippen molar-refractivity contribution in [2.75, 3.05) is 4.90 Å². The van der Waals surface area contributed by atoms with Gasteiger partial charge in [-0.2, -0.15) is 0 Å². The summed E-state index contributed by atoms with van der Waals surface area (Å²) in [7, 11) is 0. The fraction of sp³-hybridized carbons (Fsp3) is 0. The largest absolute Gasteiger partial charge is 0.456 e. The Morgan fingerprint density at radius 2 is 0.778 bits per heavy atom. The summed E-state index contributed by atoms with van der Waals surface area (Å²) in [6, 6.07) is 75.8. The van der Waals surface area contributed by atoms with E-state index in [1.165, 1.54) is 38.6 Å². The van der Waals surface area contributed by atoms with E-state index in [1.807, 2.05) is 0 Å². The highest BCUT2D eigenvalue weighted by Crippen LogP contribution is 2.43. The van der Waals surface area contributed by atoms with Crippen LogP contribution < -0.4 is 4.90 Å². The summed E-state index contributed by atoms with van der Waals surface area (Å²) in [5, 5.41) is 4.68. The van der Waals surface area contributed by atoms with Gasteiger partial charge in [-0.1, -0.05) is 164 Å². The summed E-state index contributed by atoms with van der Waals surface area (Å²) < 4.78 is 6.40. The Labute approximate surface area is 314 Å². The molecule has 1 aromatic heterocycles. The van der Waals surface area contributed by atoms with Crippen molar-refractivity contribution in [1.29, 1.82) is 0 Å². The molecule has 10 aromatic rings. The van der Waals surface area contributed by atoms with Crippen molar-refractivity contribution in [3.63, 3.8) is 0 Å². The van der Waals surface area contributed by atoms with Gasteiger partial charge in [-0.05, 0) is 98.2 Å². The maximum atomic E-state index is 6.40. The third-order valence-corrected chi connectivity index (χ3v) is 10.5. The Balaban J connectivity index is 1.06. The first-order valence-corrected chi connectivity index (χ1v) is 18.4. The van der Waals surface area contributed by atoms with E-state index in [-0.39, 0.29) is 0 Å². The standard InChI is InChI=1S/C52H35NO/c1-3-12-36(13-4-1)38-26-30-44(31-27-38)53(45-32-28-39(29-33-45)37-14-5-2-6-15-37)49-20-10-9-18-46(49)40-22-24-41(25-23-40)47-19-11-21-50-52(47)48-34-42-16-7-8-17-43(42)35-51(48)54-50/h1-35H. The molecule has 0 aliphatic rings. The van der Waals surface area contributed by atoms with E-state index in [9.17, 15) is 0 Å². The molecular weight excluding hydrogens is 655 g/mol. The normalized spacial score (nSPS) is 11.3. The van der Waals surface area contributed by atoms with E-state index in [2.05, 4.69) is 217 Å². The highest BCUT2D eigenvalue weighted by Gasteiger charge is 2.19. The Morgan fingerprint density at radius 3 is 1.39 bits per heavy atom. The molecule has 0 saturated heterocycles.